The van der Waals surface area contributed by atoms with Crippen LogP contribution in [0.1, 0.15) is 11.1 Å². The Kier molecular flexibility index (Phi) is 8.98. The predicted molar refractivity (Wildman–Crippen MR) is 136 cm³/mol. The van der Waals surface area contributed by atoms with E-state index in [0.717, 1.165) is 5.56 Å². The zero-order valence-electron chi connectivity index (χ0n) is 17.3. The summed E-state index contributed by atoms with van der Waals surface area (Å²) in [5, 5.41) is 6.70. The van der Waals surface area contributed by atoms with E-state index in [2.05, 4.69) is 31.8 Å². The number of carbonyl (C=O) groups excluding carboxylic acids is 3. The first-order valence-corrected chi connectivity index (χ1v) is 11.2. The molecule has 0 aliphatic heterocycles. The summed E-state index contributed by atoms with van der Waals surface area (Å²) in [6.07, 6.45) is 4.17. The highest BCUT2D eigenvalue weighted by molar-refractivity contribution is 9.10. The summed E-state index contributed by atoms with van der Waals surface area (Å²) in [6, 6.07) is 18.6. The van der Waals surface area contributed by atoms with Crippen molar-refractivity contribution in [3.8, 4) is 5.75 Å². The zero-order chi connectivity index (χ0) is 24.5. The van der Waals surface area contributed by atoms with Gasteiger partial charge in [0.2, 0.25) is 0 Å². The van der Waals surface area contributed by atoms with E-state index in [4.69, 9.17) is 27.9 Å². The van der Waals surface area contributed by atoms with Crippen LogP contribution in [0, 0.1) is 0 Å². The van der Waals surface area contributed by atoms with Crippen LogP contribution >= 0.6 is 39.1 Å². The second kappa shape index (κ2) is 12.1. The summed E-state index contributed by atoms with van der Waals surface area (Å²) in [7, 11) is 0. The van der Waals surface area contributed by atoms with Gasteiger partial charge in [0, 0.05) is 21.8 Å². The number of nitrogens with one attached hydrogen (secondary N) is 2. The van der Waals surface area contributed by atoms with Gasteiger partial charge >= 0.3 is 17.8 Å². The fourth-order valence-corrected chi connectivity index (χ4v) is 3.23. The molecule has 0 aliphatic rings. The van der Waals surface area contributed by atoms with E-state index in [9.17, 15) is 14.4 Å². The van der Waals surface area contributed by atoms with Gasteiger partial charge in [-0.05, 0) is 48.0 Å². The highest BCUT2D eigenvalue weighted by Crippen LogP contribution is 2.25. The number of ether oxygens (including phenoxy) is 1. The van der Waals surface area contributed by atoms with Crippen molar-refractivity contribution in [1.82, 2.24) is 5.43 Å². The predicted octanol–water partition coefficient (Wildman–Crippen LogP) is 5.46. The van der Waals surface area contributed by atoms with Crippen molar-refractivity contribution in [2.24, 2.45) is 5.10 Å². The molecule has 0 bridgehead atoms. The summed E-state index contributed by atoms with van der Waals surface area (Å²) < 4.78 is 6.07. The smallest absolute Gasteiger partial charge is 0.336 e. The molecule has 3 rings (SSSR count). The molecular weight excluding hydrogens is 545 g/mol. The average Bonchev–Trinajstić information content (AvgIpc) is 2.82. The van der Waals surface area contributed by atoms with Gasteiger partial charge in [-0.25, -0.2) is 10.2 Å². The molecule has 0 saturated carbocycles. The summed E-state index contributed by atoms with van der Waals surface area (Å²) in [5.41, 5.74) is 3.64. The molecule has 0 saturated heterocycles. The fraction of sp³-hybridized carbons (Fsp3) is 0. The minimum absolute atomic E-state index is 0.212. The lowest BCUT2D eigenvalue weighted by molar-refractivity contribution is -0.136. The minimum atomic E-state index is -1.01. The van der Waals surface area contributed by atoms with Gasteiger partial charge in [0.1, 0.15) is 5.75 Å². The zero-order valence-corrected chi connectivity index (χ0v) is 20.4. The van der Waals surface area contributed by atoms with Gasteiger partial charge in [-0.1, -0.05) is 69.5 Å². The van der Waals surface area contributed by atoms with Gasteiger partial charge in [-0.3, -0.25) is 9.59 Å². The lowest BCUT2D eigenvalue weighted by Crippen LogP contribution is -2.32. The average molecular weight is 561 g/mol. The van der Waals surface area contributed by atoms with E-state index in [0.29, 0.717) is 20.7 Å². The Morgan fingerprint density at radius 2 is 1.68 bits per heavy atom. The Balaban J connectivity index is 1.62. The molecule has 2 N–H and O–H groups in total. The lowest BCUT2D eigenvalue weighted by atomic mass is 10.2. The number of hydrogen-bond donors (Lipinski definition) is 2. The molecule has 10 heteroatoms. The SMILES string of the molecule is O=C(/C=C/c1ccccc1)Oc1ccc(Br)cc1/C=N/NC(=O)C(=O)Nc1ccc(Cl)c(Cl)c1. The first-order chi connectivity index (χ1) is 16.3. The largest absolute Gasteiger partial charge is 0.423 e. The van der Waals surface area contributed by atoms with Crippen molar-refractivity contribution in [1.29, 1.82) is 0 Å². The van der Waals surface area contributed by atoms with Crippen LogP contribution in [0.25, 0.3) is 6.08 Å². The number of carbonyl (C=O) groups is 3. The Bertz CT molecular complexity index is 1280. The number of amides is 2. The molecule has 0 fully saturated rings. The molecule has 0 heterocycles. The van der Waals surface area contributed by atoms with Gasteiger partial charge < -0.3 is 10.1 Å². The van der Waals surface area contributed by atoms with Crippen molar-refractivity contribution in [3.05, 3.63) is 98.5 Å². The van der Waals surface area contributed by atoms with E-state index >= 15 is 0 Å². The standard InChI is InChI=1S/C24H16BrCl2N3O4/c25-17-7-10-21(34-22(31)11-6-15-4-2-1-3-5-15)16(12-17)14-28-30-24(33)23(32)29-18-8-9-19(26)20(27)13-18/h1-14H,(H,29,32)(H,30,33)/b11-6+,28-14+. The molecule has 2 amide bonds. The van der Waals surface area contributed by atoms with Crippen molar-refractivity contribution in [2.45, 2.75) is 0 Å². The number of hydrogen-bond acceptors (Lipinski definition) is 5. The summed E-state index contributed by atoms with van der Waals surface area (Å²) in [6.45, 7) is 0. The van der Waals surface area contributed by atoms with Crippen LogP contribution in [-0.4, -0.2) is 24.0 Å². The normalized spacial score (nSPS) is 10.9. The highest BCUT2D eigenvalue weighted by Gasteiger charge is 2.14. The molecule has 0 radical (unpaired) electrons. The number of esters is 1. The van der Waals surface area contributed by atoms with Gasteiger partial charge in [0.25, 0.3) is 0 Å². The maximum atomic E-state index is 12.2. The number of halogens is 3. The van der Waals surface area contributed by atoms with Crippen molar-refractivity contribution in [2.75, 3.05) is 5.32 Å². The Hall–Kier alpha value is -3.46. The van der Waals surface area contributed by atoms with E-state index in [-0.39, 0.29) is 10.8 Å². The van der Waals surface area contributed by atoms with Crippen molar-refractivity contribution < 1.29 is 19.1 Å². The van der Waals surface area contributed by atoms with E-state index < -0.39 is 17.8 Å². The maximum absolute atomic E-state index is 12.2. The molecule has 0 unspecified atom stereocenters. The number of hydrazone groups is 1. The number of benzene rings is 3. The molecule has 172 valence electrons. The molecule has 0 spiro atoms. The van der Waals surface area contributed by atoms with Crippen LogP contribution in [0.15, 0.2) is 82.4 Å². The van der Waals surface area contributed by atoms with Crippen LogP contribution in [0.3, 0.4) is 0 Å². The van der Waals surface area contributed by atoms with E-state index in [1.807, 2.05) is 30.3 Å². The number of rotatable bonds is 6. The maximum Gasteiger partial charge on any atom is 0.336 e. The Morgan fingerprint density at radius 3 is 2.41 bits per heavy atom. The highest BCUT2D eigenvalue weighted by atomic mass is 79.9. The third-order valence-electron chi connectivity index (χ3n) is 4.15. The second-order valence-corrected chi connectivity index (χ2v) is 8.36. The second-order valence-electron chi connectivity index (χ2n) is 6.63. The van der Waals surface area contributed by atoms with Crippen LogP contribution in [0.4, 0.5) is 5.69 Å². The third-order valence-corrected chi connectivity index (χ3v) is 5.38. The van der Waals surface area contributed by atoms with Crippen LogP contribution in [0.2, 0.25) is 10.0 Å². The minimum Gasteiger partial charge on any atom is -0.423 e. The number of nitrogens with zero attached hydrogens (tertiary/aromatic N) is 1. The van der Waals surface area contributed by atoms with Gasteiger partial charge in [0.15, 0.2) is 0 Å². The summed E-state index contributed by atoms with van der Waals surface area (Å²) in [4.78, 5) is 36.3. The van der Waals surface area contributed by atoms with Crippen molar-refractivity contribution in [3.63, 3.8) is 0 Å². The quantitative estimate of drug-likeness (QED) is 0.104. The molecule has 3 aromatic rings. The molecular formula is C24H16BrCl2N3O4. The Morgan fingerprint density at radius 1 is 0.912 bits per heavy atom. The third kappa shape index (κ3) is 7.55. The molecule has 34 heavy (non-hydrogen) atoms. The first-order valence-electron chi connectivity index (χ1n) is 9.66. The van der Waals surface area contributed by atoms with Gasteiger partial charge in [-0.2, -0.15) is 5.10 Å². The van der Waals surface area contributed by atoms with Crippen molar-refractivity contribution >= 4 is 74.9 Å². The molecule has 0 aromatic heterocycles. The van der Waals surface area contributed by atoms with Crippen LogP contribution in [0.5, 0.6) is 5.75 Å². The molecule has 0 aliphatic carbocycles. The topological polar surface area (TPSA) is 96.9 Å². The van der Waals surface area contributed by atoms with Gasteiger partial charge in [-0.15, -0.1) is 0 Å². The lowest BCUT2D eigenvalue weighted by Gasteiger charge is -2.07. The molecule has 0 atom stereocenters. The van der Waals surface area contributed by atoms with E-state index in [1.54, 1.807) is 24.3 Å². The summed E-state index contributed by atoms with van der Waals surface area (Å²) >= 11 is 15.0. The fourth-order valence-electron chi connectivity index (χ4n) is 2.56. The monoisotopic (exact) mass is 559 g/mol. The first kappa shape index (κ1) is 25.2. The Labute approximate surface area is 213 Å². The van der Waals surface area contributed by atoms with Crippen LogP contribution in [-0.2, 0) is 14.4 Å². The van der Waals surface area contributed by atoms with E-state index in [1.165, 1.54) is 30.5 Å². The van der Waals surface area contributed by atoms with Crippen LogP contribution < -0.4 is 15.5 Å². The molecule has 3 aromatic carbocycles. The summed E-state index contributed by atoms with van der Waals surface area (Å²) in [5.74, 6) is -2.35. The molecule has 7 nitrogen and oxygen atoms in total. The van der Waals surface area contributed by atoms with Gasteiger partial charge in [0.05, 0.1) is 16.3 Å². The number of anilines is 1.